The Morgan fingerprint density at radius 2 is 1.00 bits per heavy atom. The Morgan fingerprint density at radius 3 is 1.54 bits per heavy atom. The van der Waals surface area contributed by atoms with Crippen molar-refractivity contribution in [3.63, 3.8) is 0 Å². The maximum Gasteiger partial charge on any atom is 0.0540 e. The Kier molecular flexibility index (Phi) is 7.93. The summed E-state index contributed by atoms with van der Waals surface area (Å²) in [6.45, 7) is 3.83. The van der Waals surface area contributed by atoms with Crippen LogP contribution in [0.1, 0.15) is 29.5 Å². The Hall–Kier alpha value is -4.36. The number of hydrogen-bond donors (Lipinski definition) is 0. The molecule has 1 heteroatoms. The fourth-order valence-electron chi connectivity index (χ4n) is 4.82. The third-order valence-electron chi connectivity index (χ3n) is 6.84. The van der Waals surface area contributed by atoms with E-state index in [1.165, 1.54) is 46.3 Å². The maximum absolute atomic E-state index is 3.83. The van der Waals surface area contributed by atoms with Crippen molar-refractivity contribution in [1.82, 2.24) is 0 Å². The first-order valence-corrected chi connectivity index (χ1v) is 13.1. The van der Waals surface area contributed by atoms with E-state index in [0.29, 0.717) is 0 Å². The molecule has 0 atom stereocenters. The van der Waals surface area contributed by atoms with Crippen molar-refractivity contribution in [2.45, 2.75) is 25.7 Å². The molecule has 37 heavy (non-hydrogen) atoms. The molecular weight excluding hydrogens is 446 g/mol. The van der Waals surface area contributed by atoms with Crippen LogP contribution in [-0.2, 0) is 12.8 Å². The van der Waals surface area contributed by atoms with Crippen molar-refractivity contribution in [3.8, 4) is 11.1 Å². The lowest BCUT2D eigenvalue weighted by atomic mass is 9.98. The van der Waals surface area contributed by atoms with Gasteiger partial charge in [0.05, 0.1) is 5.69 Å². The van der Waals surface area contributed by atoms with Gasteiger partial charge in [-0.25, -0.2) is 0 Å². The molecule has 0 amide bonds. The molecule has 1 nitrogen and oxygen atoms in total. The summed E-state index contributed by atoms with van der Waals surface area (Å²) in [4.78, 5) is 2.34. The smallest absolute Gasteiger partial charge is 0.0540 e. The maximum atomic E-state index is 3.83. The van der Waals surface area contributed by atoms with Crippen LogP contribution in [0.4, 0.5) is 17.1 Å². The van der Waals surface area contributed by atoms with Crippen molar-refractivity contribution in [3.05, 3.63) is 157 Å². The summed E-state index contributed by atoms with van der Waals surface area (Å²) < 4.78 is 0. The fraction of sp³-hybridized carbons (Fsp3) is 0.111. The number of anilines is 3. The van der Waals surface area contributed by atoms with E-state index < -0.39 is 0 Å². The minimum atomic E-state index is 1.10. The highest BCUT2D eigenvalue weighted by molar-refractivity contribution is 5.87. The predicted octanol–water partition coefficient (Wildman–Crippen LogP) is 10.0. The number of benzene rings is 5. The highest BCUT2D eigenvalue weighted by atomic mass is 15.1. The molecule has 0 fully saturated rings. The molecule has 0 aliphatic carbocycles. The first-order chi connectivity index (χ1) is 18.3. The molecule has 0 bridgehead atoms. The van der Waals surface area contributed by atoms with Gasteiger partial charge >= 0.3 is 0 Å². The van der Waals surface area contributed by atoms with Gasteiger partial charge in [0, 0.05) is 16.9 Å². The number of unbranched alkanes of at least 4 members (excludes halogenated alkanes) is 1. The zero-order valence-electron chi connectivity index (χ0n) is 21.3. The topological polar surface area (TPSA) is 3.24 Å². The summed E-state index contributed by atoms with van der Waals surface area (Å²) in [5.41, 5.74) is 9.92. The Bertz CT molecular complexity index is 1360. The zero-order chi connectivity index (χ0) is 25.3. The average Bonchev–Trinajstić information content (AvgIpc) is 2.98. The van der Waals surface area contributed by atoms with E-state index >= 15 is 0 Å². The summed E-state index contributed by atoms with van der Waals surface area (Å²) in [7, 11) is 0. The highest BCUT2D eigenvalue weighted by Gasteiger charge is 2.16. The Balaban J connectivity index is 1.32. The van der Waals surface area contributed by atoms with Crippen LogP contribution in [0.25, 0.3) is 17.2 Å². The van der Waals surface area contributed by atoms with Gasteiger partial charge in [0.2, 0.25) is 0 Å². The normalized spacial score (nSPS) is 10.7. The van der Waals surface area contributed by atoms with Crippen molar-refractivity contribution < 1.29 is 0 Å². The van der Waals surface area contributed by atoms with Crippen molar-refractivity contribution in [2.75, 3.05) is 4.90 Å². The van der Waals surface area contributed by atoms with Gasteiger partial charge < -0.3 is 4.90 Å². The molecule has 0 saturated heterocycles. The predicted molar refractivity (Wildman–Crippen MR) is 160 cm³/mol. The van der Waals surface area contributed by atoms with Gasteiger partial charge in [0.15, 0.2) is 0 Å². The molecule has 0 heterocycles. The summed E-state index contributed by atoms with van der Waals surface area (Å²) in [6.07, 6.45) is 6.51. The second-order valence-electron chi connectivity index (χ2n) is 9.37. The minimum Gasteiger partial charge on any atom is -0.310 e. The van der Waals surface area contributed by atoms with Crippen LogP contribution >= 0.6 is 0 Å². The van der Waals surface area contributed by atoms with Gasteiger partial charge in [-0.1, -0.05) is 116 Å². The van der Waals surface area contributed by atoms with E-state index in [1.807, 2.05) is 6.08 Å². The van der Waals surface area contributed by atoms with Crippen LogP contribution in [0.15, 0.2) is 140 Å². The van der Waals surface area contributed by atoms with E-state index in [4.69, 9.17) is 0 Å². The van der Waals surface area contributed by atoms with Gasteiger partial charge in [0.1, 0.15) is 0 Å². The average molecular weight is 480 g/mol. The summed E-state index contributed by atoms with van der Waals surface area (Å²) >= 11 is 0. The molecule has 5 rings (SSSR count). The Morgan fingerprint density at radius 1 is 0.514 bits per heavy atom. The van der Waals surface area contributed by atoms with Crippen LogP contribution in [0.3, 0.4) is 0 Å². The fourth-order valence-corrected chi connectivity index (χ4v) is 4.82. The first-order valence-electron chi connectivity index (χ1n) is 13.1. The van der Waals surface area contributed by atoms with Crippen molar-refractivity contribution >= 4 is 23.1 Å². The van der Waals surface area contributed by atoms with Crippen molar-refractivity contribution in [1.29, 1.82) is 0 Å². The van der Waals surface area contributed by atoms with Crippen LogP contribution in [0.5, 0.6) is 0 Å². The van der Waals surface area contributed by atoms with E-state index in [9.17, 15) is 0 Å². The molecule has 0 N–H and O–H groups in total. The lowest BCUT2D eigenvalue weighted by Crippen LogP contribution is -2.10. The van der Waals surface area contributed by atoms with Crippen LogP contribution in [0.2, 0.25) is 0 Å². The molecule has 182 valence electrons. The van der Waals surface area contributed by atoms with Gasteiger partial charge in [-0.15, -0.1) is 0 Å². The van der Waals surface area contributed by atoms with Crippen molar-refractivity contribution in [2.24, 2.45) is 0 Å². The molecule has 0 spiro atoms. The quantitative estimate of drug-likeness (QED) is 0.180. The van der Waals surface area contributed by atoms with Crippen LogP contribution in [-0.4, -0.2) is 0 Å². The van der Waals surface area contributed by atoms with E-state index in [-0.39, 0.29) is 0 Å². The summed E-state index contributed by atoms with van der Waals surface area (Å²) in [5, 5.41) is 0. The monoisotopic (exact) mass is 479 g/mol. The molecule has 5 aromatic carbocycles. The second-order valence-corrected chi connectivity index (χ2v) is 9.37. The van der Waals surface area contributed by atoms with Gasteiger partial charge in [0.25, 0.3) is 0 Å². The lowest BCUT2D eigenvalue weighted by Gasteiger charge is -2.27. The second kappa shape index (κ2) is 12.1. The molecule has 5 aromatic rings. The number of nitrogens with zero attached hydrogens (tertiary/aromatic N) is 1. The number of aryl methyl sites for hydroxylation is 2. The number of hydrogen-bond acceptors (Lipinski definition) is 1. The molecule has 0 aliphatic rings. The molecular formula is C36H33N. The Labute approximate surface area is 221 Å². The molecule has 0 saturated carbocycles. The van der Waals surface area contributed by atoms with E-state index in [2.05, 4.69) is 145 Å². The van der Waals surface area contributed by atoms with E-state index in [0.717, 1.165) is 24.2 Å². The molecule has 0 radical (unpaired) electrons. The molecule has 0 aliphatic heterocycles. The van der Waals surface area contributed by atoms with Gasteiger partial charge in [-0.2, -0.15) is 0 Å². The zero-order valence-corrected chi connectivity index (χ0v) is 21.3. The lowest BCUT2D eigenvalue weighted by molar-refractivity contribution is 0.734. The van der Waals surface area contributed by atoms with E-state index in [1.54, 1.807) is 0 Å². The third-order valence-corrected chi connectivity index (χ3v) is 6.84. The standard InChI is InChI=1S/C36H33N/c1-2-29-21-23-30(24-22-29)13-9-10-14-31-25-27-32(28-26-31)35-19-11-12-20-36(35)37(33-15-5-3-6-16-33)34-17-7-4-8-18-34/h2-8,11-12,15-28H,1,9-10,13-14H2. The van der Waals surface area contributed by atoms with Crippen LogP contribution < -0.4 is 4.90 Å². The third kappa shape index (κ3) is 6.08. The largest absolute Gasteiger partial charge is 0.310 e. The molecule has 0 unspecified atom stereocenters. The number of para-hydroxylation sites is 3. The van der Waals surface area contributed by atoms with Crippen LogP contribution in [0, 0.1) is 0 Å². The minimum absolute atomic E-state index is 1.10. The SMILES string of the molecule is C=Cc1ccc(CCCCc2ccc(-c3ccccc3N(c3ccccc3)c3ccccc3)cc2)cc1. The molecule has 0 aromatic heterocycles. The van der Waals surface area contributed by atoms with Gasteiger partial charge in [-0.3, -0.25) is 0 Å². The first kappa shape index (κ1) is 24.3. The number of rotatable bonds is 10. The summed E-state index contributed by atoms with van der Waals surface area (Å²) in [6, 6.07) is 47.7. The van der Waals surface area contributed by atoms with Gasteiger partial charge in [-0.05, 0) is 78.3 Å². The summed E-state index contributed by atoms with van der Waals surface area (Å²) in [5.74, 6) is 0. The highest BCUT2D eigenvalue weighted by Crippen LogP contribution is 2.40.